The Morgan fingerprint density at radius 1 is 1.18 bits per heavy atom. The summed E-state index contributed by atoms with van der Waals surface area (Å²) in [7, 11) is 3.66. The van der Waals surface area contributed by atoms with E-state index in [1.165, 1.54) is 5.56 Å². The Balaban J connectivity index is 2.49. The zero-order valence-electron chi connectivity index (χ0n) is 10.1. The van der Waals surface area contributed by atoms with E-state index >= 15 is 0 Å². The summed E-state index contributed by atoms with van der Waals surface area (Å²) in [5.74, 6) is 0.940. The van der Waals surface area contributed by atoms with E-state index in [0.29, 0.717) is 0 Å². The average molecular weight is 250 g/mol. The van der Waals surface area contributed by atoms with E-state index in [0.717, 1.165) is 34.5 Å². The molecule has 3 heteroatoms. The Bertz CT molecular complexity index is 525. The van der Waals surface area contributed by atoms with Crippen molar-refractivity contribution < 1.29 is 4.74 Å². The zero-order valence-corrected chi connectivity index (χ0v) is 10.8. The second-order valence-electron chi connectivity index (χ2n) is 4.01. The van der Waals surface area contributed by atoms with Gasteiger partial charge < -0.3 is 10.1 Å². The molecular weight excluding hydrogens is 234 g/mol. The Labute approximate surface area is 107 Å². The first-order valence-corrected chi connectivity index (χ1v) is 6.03. The van der Waals surface area contributed by atoms with Crippen LogP contribution in [0.15, 0.2) is 30.3 Å². The summed E-state index contributed by atoms with van der Waals surface area (Å²) in [5.41, 5.74) is 1.21. The molecule has 0 spiro atoms. The first-order valence-electron chi connectivity index (χ1n) is 5.65. The fourth-order valence-corrected chi connectivity index (χ4v) is 2.12. The van der Waals surface area contributed by atoms with Gasteiger partial charge in [0.15, 0.2) is 0 Å². The van der Waals surface area contributed by atoms with Crippen molar-refractivity contribution in [3.05, 3.63) is 40.9 Å². The lowest BCUT2D eigenvalue weighted by molar-refractivity contribution is 0.410. The molecule has 0 radical (unpaired) electrons. The van der Waals surface area contributed by atoms with Crippen LogP contribution in [0.4, 0.5) is 0 Å². The fraction of sp³-hybridized carbons (Fsp3) is 0.286. The van der Waals surface area contributed by atoms with Crippen molar-refractivity contribution in [1.29, 1.82) is 0 Å². The van der Waals surface area contributed by atoms with E-state index in [2.05, 4.69) is 17.4 Å². The lowest BCUT2D eigenvalue weighted by atomic mass is 10.0. The van der Waals surface area contributed by atoms with Gasteiger partial charge in [-0.15, -0.1) is 0 Å². The van der Waals surface area contributed by atoms with Crippen molar-refractivity contribution in [3.8, 4) is 5.75 Å². The maximum absolute atomic E-state index is 6.01. The SMILES string of the molecule is CNCCc1cc2cc(Cl)ccc2cc1OC. The molecular formula is C14H16ClNO. The quantitative estimate of drug-likeness (QED) is 0.898. The molecule has 2 rings (SSSR count). The number of rotatable bonds is 4. The van der Waals surface area contributed by atoms with Gasteiger partial charge in [-0.1, -0.05) is 17.7 Å². The van der Waals surface area contributed by atoms with Crippen LogP contribution in [0.5, 0.6) is 5.75 Å². The number of benzene rings is 2. The molecule has 0 atom stereocenters. The number of nitrogens with one attached hydrogen (secondary N) is 1. The number of methoxy groups -OCH3 is 1. The van der Waals surface area contributed by atoms with E-state index < -0.39 is 0 Å². The summed E-state index contributed by atoms with van der Waals surface area (Å²) in [4.78, 5) is 0. The fourth-order valence-electron chi connectivity index (χ4n) is 1.94. The monoisotopic (exact) mass is 249 g/mol. The highest BCUT2D eigenvalue weighted by Crippen LogP contribution is 2.28. The van der Waals surface area contributed by atoms with Crippen molar-refractivity contribution in [2.75, 3.05) is 20.7 Å². The van der Waals surface area contributed by atoms with Crippen LogP contribution >= 0.6 is 11.6 Å². The Morgan fingerprint density at radius 2 is 2.00 bits per heavy atom. The summed E-state index contributed by atoms with van der Waals surface area (Å²) in [6.45, 7) is 0.933. The number of hydrogen-bond donors (Lipinski definition) is 1. The van der Waals surface area contributed by atoms with E-state index in [4.69, 9.17) is 16.3 Å². The highest BCUT2D eigenvalue weighted by molar-refractivity contribution is 6.31. The largest absolute Gasteiger partial charge is 0.496 e. The van der Waals surface area contributed by atoms with Crippen molar-refractivity contribution in [1.82, 2.24) is 5.32 Å². The van der Waals surface area contributed by atoms with Gasteiger partial charge in [0.1, 0.15) is 5.75 Å². The van der Waals surface area contributed by atoms with Gasteiger partial charge in [-0.3, -0.25) is 0 Å². The lowest BCUT2D eigenvalue weighted by Crippen LogP contribution is -2.10. The summed E-state index contributed by atoms with van der Waals surface area (Å²) in [6, 6.07) is 10.1. The third-order valence-corrected chi connectivity index (χ3v) is 3.08. The molecule has 0 unspecified atom stereocenters. The third-order valence-electron chi connectivity index (χ3n) is 2.85. The van der Waals surface area contributed by atoms with Crippen LogP contribution in [0, 0.1) is 0 Å². The minimum absolute atomic E-state index is 0.766. The molecule has 0 heterocycles. The molecule has 2 aromatic carbocycles. The van der Waals surface area contributed by atoms with Gasteiger partial charge in [0.25, 0.3) is 0 Å². The van der Waals surface area contributed by atoms with Crippen LogP contribution < -0.4 is 10.1 Å². The van der Waals surface area contributed by atoms with E-state index in [1.54, 1.807) is 7.11 Å². The van der Waals surface area contributed by atoms with Gasteiger partial charge in [-0.2, -0.15) is 0 Å². The maximum Gasteiger partial charge on any atom is 0.122 e. The van der Waals surface area contributed by atoms with Crippen molar-refractivity contribution in [2.45, 2.75) is 6.42 Å². The first-order chi connectivity index (χ1) is 8.24. The number of halogens is 1. The molecule has 0 amide bonds. The molecule has 0 fully saturated rings. The minimum Gasteiger partial charge on any atom is -0.496 e. The highest BCUT2D eigenvalue weighted by atomic mass is 35.5. The molecule has 0 bridgehead atoms. The molecule has 0 saturated carbocycles. The van der Waals surface area contributed by atoms with Gasteiger partial charge in [-0.05, 0) is 60.6 Å². The van der Waals surface area contributed by atoms with Gasteiger partial charge in [0, 0.05) is 5.02 Å². The van der Waals surface area contributed by atoms with E-state index in [9.17, 15) is 0 Å². The molecule has 0 saturated heterocycles. The molecule has 2 nitrogen and oxygen atoms in total. The molecule has 2 aromatic rings. The second kappa shape index (κ2) is 5.39. The topological polar surface area (TPSA) is 21.3 Å². The maximum atomic E-state index is 6.01. The zero-order chi connectivity index (χ0) is 12.3. The van der Waals surface area contributed by atoms with E-state index in [-0.39, 0.29) is 0 Å². The van der Waals surface area contributed by atoms with Crippen molar-refractivity contribution in [3.63, 3.8) is 0 Å². The predicted octanol–water partition coefficient (Wildman–Crippen LogP) is 3.26. The van der Waals surface area contributed by atoms with Crippen molar-refractivity contribution in [2.24, 2.45) is 0 Å². The molecule has 0 aliphatic carbocycles. The molecule has 17 heavy (non-hydrogen) atoms. The summed E-state index contributed by atoms with van der Waals surface area (Å²) >= 11 is 6.01. The van der Waals surface area contributed by atoms with Crippen LogP contribution in [0.2, 0.25) is 5.02 Å². The Kier molecular flexibility index (Phi) is 3.87. The molecule has 90 valence electrons. The predicted molar refractivity (Wildman–Crippen MR) is 73.1 cm³/mol. The number of ether oxygens (including phenoxy) is 1. The summed E-state index contributed by atoms with van der Waals surface area (Å²) < 4.78 is 5.42. The number of likely N-dealkylation sites (N-methyl/N-ethyl adjacent to an activating group) is 1. The van der Waals surface area contributed by atoms with Crippen LogP contribution in [0.25, 0.3) is 10.8 Å². The summed E-state index contributed by atoms with van der Waals surface area (Å²) in [6.07, 6.45) is 0.947. The number of fused-ring (bicyclic) bond motifs is 1. The van der Waals surface area contributed by atoms with Crippen molar-refractivity contribution >= 4 is 22.4 Å². The van der Waals surface area contributed by atoms with Crippen LogP contribution in [0.1, 0.15) is 5.56 Å². The van der Waals surface area contributed by atoms with Gasteiger partial charge in [0.2, 0.25) is 0 Å². The highest BCUT2D eigenvalue weighted by Gasteiger charge is 2.05. The molecule has 0 aliphatic heterocycles. The normalized spacial score (nSPS) is 10.8. The van der Waals surface area contributed by atoms with E-state index in [1.807, 2.05) is 25.2 Å². The summed E-state index contributed by atoms with van der Waals surface area (Å²) in [5, 5.41) is 6.22. The smallest absolute Gasteiger partial charge is 0.122 e. The minimum atomic E-state index is 0.766. The molecule has 0 aromatic heterocycles. The average Bonchev–Trinajstić information content (AvgIpc) is 2.35. The van der Waals surface area contributed by atoms with Crippen LogP contribution in [-0.4, -0.2) is 20.7 Å². The van der Waals surface area contributed by atoms with Gasteiger partial charge in [0.05, 0.1) is 7.11 Å². The standard InChI is InChI=1S/C14H16ClNO/c1-16-6-5-11-7-12-8-13(15)4-3-10(12)9-14(11)17-2/h3-4,7-9,16H,5-6H2,1-2H3. The Morgan fingerprint density at radius 3 is 2.71 bits per heavy atom. The first kappa shape index (κ1) is 12.2. The molecule has 1 N–H and O–H groups in total. The second-order valence-corrected chi connectivity index (χ2v) is 4.45. The third kappa shape index (κ3) is 2.71. The lowest BCUT2D eigenvalue weighted by Gasteiger charge is -2.10. The molecule has 0 aliphatic rings. The van der Waals surface area contributed by atoms with Crippen LogP contribution in [-0.2, 0) is 6.42 Å². The number of hydrogen-bond acceptors (Lipinski definition) is 2. The van der Waals surface area contributed by atoms with Crippen LogP contribution in [0.3, 0.4) is 0 Å². The Hall–Kier alpha value is -1.25. The van der Waals surface area contributed by atoms with Gasteiger partial charge >= 0.3 is 0 Å². The van der Waals surface area contributed by atoms with Gasteiger partial charge in [-0.25, -0.2) is 0 Å².